The average molecular weight is 358 g/mol. The van der Waals surface area contributed by atoms with Crippen LogP contribution in [0.3, 0.4) is 0 Å². The van der Waals surface area contributed by atoms with Crippen LogP contribution in [0.1, 0.15) is 19.3 Å². The molecule has 3 rings (SSSR count). The van der Waals surface area contributed by atoms with E-state index in [2.05, 4.69) is 0 Å². The molecule has 0 saturated carbocycles. The van der Waals surface area contributed by atoms with Crippen molar-refractivity contribution < 1.29 is 22.7 Å². The van der Waals surface area contributed by atoms with E-state index in [-0.39, 0.29) is 17.4 Å². The van der Waals surface area contributed by atoms with E-state index >= 15 is 0 Å². The fraction of sp³-hybridized carbons (Fsp3) is 0.467. The number of alkyl halides is 1. The summed E-state index contributed by atoms with van der Waals surface area (Å²) in [6.07, 6.45) is 0.144. The van der Waals surface area contributed by atoms with Gasteiger partial charge in [-0.15, -0.1) is 0 Å². The van der Waals surface area contributed by atoms with Crippen molar-refractivity contribution in [2.24, 2.45) is 0 Å². The lowest BCUT2D eigenvalue weighted by molar-refractivity contribution is -0.123. The van der Waals surface area contributed by atoms with Gasteiger partial charge in [-0.3, -0.25) is 9.69 Å². The topological polar surface area (TPSA) is 80.8 Å². The number of nitrogens with zero attached hydrogens (tertiary/aromatic N) is 1. The highest BCUT2D eigenvalue weighted by Gasteiger charge is 2.64. The number of fused-ring (bicyclic) bond motifs is 2. The molecule has 1 aromatic carbocycles. The van der Waals surface area contributed by atoms with E-state index in [9.17, 15) is 18.0 Å². The molecule has 0 aromatic heterocycles. The normalized spacial score (nSPS) is 30.3. The number of carbonyl (C=O) groups is 2. The molecule has 3 atom stereocenters. The van der Waals surface area contributed by atoms with Crippen LogP contribution in [-0.4, -0.2) is 48.6 Å². The predicted molar refractivity (Wildman–Crippen MR) is 82.9 cm³/mol. The van der Waals surface area contributed by atoms with Crippen molar-refractivity contribution in [3.05, 3.63) is 30.3 Å². The van der Waals surface area contributed by atoms with E-state index in [1.54, 1.807) is 18.2 Å². The molecule has 1 amide bonds. The van der Waals surface area contributed by atoms with Crippen molar-refractivity contribution in [1.29, 1.82) is 0 Å². The van der Waals surface area contributed by atoms with Crippen molar-refractivity contribution in [2.75, 3.05) is 7.11 Å². The molecule has 0 unspecified atom stereocenters. The second-order valence-corrected chi connectivity index (χ2v) is 8.66. The summed E-state index contributed by atoms with van der Waals surface area (Å²) in [6, 6.07) is 6.33. The summed E-state index contributed by atoms with van der Waals surface area (Å²) in [5.74, 6) is -0.560. The molecule has 2 aliphatic heterocycles. The van der Waals surface area contributed by atoms with Gasteiger partial charge < -0.3 is 4.74 Å². The highest BCUT2D eigenvalue weighted by atomic mass is 35.5. The van der Waals surface area contributed by atoms with Crippen LogP contribution in [0.25, 0.3) is 0 Å². The highest BCUT2D eigenvalue weighted by molar-refractivity contribution is 7.95. The van der Waals surface area contributed by atoms with Crippen LogP contribution < -0.4 is 0 Å². The van der Waals surface area contributed by atoms with Gasteiger partial charge in [-0.25, -0.2) is 13.2 Å². The minimum atomic E-state index is -4.15. The van der Waals surface area contributed by atoms with Crippen LogP contribution in [-0.2, 0) is 19.4 Å². The molecule has 8 heteroatoms. The zero-order valence-electron chi connectivity index (χ0n) is 12.4. The van der Waals surface area contributed by atoms with Gasteiger partial charge in [-0.1, -0.05) is 29.8 Å². The smallest absolute Gasteiger partial charge is 0.410 e. The molecule has 23 heavy (non-hydrogen) atoms. The molecule has 2 saturated heterocycles. The maximum atomic E-state index is 13.0. The molecule has 2 aliphatic rings. The van der Waals surface area contributed by atoms with E-state index in [1.807, 2.05) is 0 Å². The largest absolute Gasteiger partial charge is 0.453 e. The van der Waals surface area contributed by atoms with E-state index in [0.29, 0.717) is 12.8 Å². The number of ketones is 1. The fourth-order valence-corrected chi connectivity index (χ4v) is 5.86. The summed E-state index contributed by atoms with van der Waals surface area (Å²) < 4.78 is 28.6. The summed E-state index contributed by atoms with van der Waals surface area (Å²) in [5, 5.41) is 0. The third-order valence-electron chi connectivity index (χ3n) is 4.56. The number of halogens is 1. The molecule has 0 N–H and O–H groups in total. The first-order valence-corrected chi connectivity index (χ1v) is 9.08. The Labute approximate surface area is 139 Å². The molecule has 1 aromatic rings. The summed E-state index contributed by atoms with van der Waals surface area (Å²) in [5.41, 5.74) is 0. The number of piperidine rings is 1. The Kier molecular flexibility index (Phi) is 3.88. The van der Waals surface area contributed by atoms with Gasteiger partial charge in [0.25, 0.3) is 0 Å². The lowest BCUT2D eigenvalue weighted by atomic mass is 10.0. The number of ether oxygens (including phenoxy) is 1. The molecule has 0 spiro atoms. The molecule has 6 nitrogen and oxygen atoms in total. The van der Waals surface area contributed by atoms with Crippen LogP contribution in [0.2, 0.25) is 0 Å². The van der Waals surface area contributed by atoms with Crippen LogP contribution in [0.15, 0.2) is 35.2 Å². The summed E-state index contributed by atoms with van der Waals surface area (Å²) in [7, 11) is -2.93. The minimum absolute atomic E-state index is 0.0292. The number of methoxy groups -OCH3 is 1. The summed E-state index contributed by atoms with van der Waals surface area (Å²) in [6.45, 7) is 0. The second kappa shape index (κ2) is 5.49. The second-order valence-electron chi connectivity index (χ2n) is 5.71. The van der Waals surface area contributed by atoms with Crippen LogP contribution >= 0.6 is 11.6 Å². The van der Waals surface area contributed by atoms with Gasteiger partial charge in [-0.05, 0) is 25.0 Å². The molecule has 2 heterocycles. The number of carbonyl (C=O) groups excluding carboxylic acids is 2. The van der Waals surface area contributed by atoms with Crippen molar-refractivity contribution >= 4 is 33.3 Å². The predicted octanol–water partition coefficient (Wildman–Crippen LogP) is 1.97. The van der Waals surface area contributed by atoms with Gasteiger partial charge in [0.1, 0.15) is 0 Å². The van der Waals surface area contributed by atoms with E-state index in [1.165, 1.54) is 24.1 Å². The number of hydrogen-bond donors (Lipinski definition) is 0. The number of rotatable bonds is 2. The maximum Gasteiger partial charge on any atom is 0.410 e. The van der Waals surface area contributed by atoms with Crippen LogP contribution in [0, 0.1) is 0 Å². The van der Waals surface area contributed by atoms with Crippen molar-refractivity contribution in [3.63, 3.8) is 0 Å². The molecule has 2 fully saturated rings. The van der Waals surface area contributed by atoms with Gasteiger partial charge >= 0.3 is 6.09 Å². The highest BCUT2D eigenvalue weighted by Crippen LogP contribution is 2.48. The van der Waals surface area contributed by atoms with E-state index < -0.39 is 32.0 Å². The standard InChI is InChI=1S/C15H16ClNO5S/c1-22-14(19)17-10-7-8-12(17)15(16,13(18)9-10)23(20,21)11-5-3-2-4-6-11/h2-6,10,12H,7-9H2,1H3/t10-,12+,15-/m0/s1. The van der Waals surface area contributed by atoms with Gasteiger partial charge in [-0.2, -0.15) is 0 Å². The molecular formula is C15H16ClNO5S. The average Bonchev–Trinajstić information content (AvgIpc) is 2.91. The number of Topliss-reactive ketones (excluding diaryl/α,β-unsaturated/α-hetero) is 1. The number of amides is 1. The van der Waals surface area contributed by atoms with Gasteiger partial charge in [0.05, 0.1) is 18.0 Å². The minimum Gasteiger partial charge on any atom is -0.453 e. The zero-order valence-corrected chi connectivity index (χ0v) is 14.0. The first kappa shape index (κ1) is 16.3. The van der Waals surface area contributed by atoms with Crippen LogP contribution in [0.5, 0.6) is 0 Å². The van der Waals surface area contributed by atoms with Crippen molar-refractivity contribution in [2.45, 2.75) is 40.4 Å². The monoisotopic (exact) mass is 357 g/mol. The van der Waals surface area contributed by atoms with Crippen molar-refractivity contribution in [3.8, 4) is 0 Å². The fourth-order valence-electron chi connectivity index (χ4n) is 3.47. The van der Waals surface area contributed by atoms with E-state index in [0.717, 1.165) is 0 Å². The molecule has 124 valence electrons. The Hall–Kier alpha value is -1.60. The summed E-state index contributed by atoms with van der Waals surface area (Å²) >= 11 is 6.45. The molecule has 2 bridgehead atoms. The SMILES string of the molecule is COC(=O)N1[C@H]2CC[C@@H]1[C@](Cl)(S(=O)(=O)c1ccccc1)C(=O)C2. The Morgan fingerprint density at radius 1 is 1.30 bits per heavy atom. The molecular weight excluding hydrogens is 342 g/mol. The van der Waals surface area contributed by atoms with Gasteiger partial charge in [0.15, 0.2) is 5.78 Å². The molecule has 0 aliphatic carbocycles. The van der Waals surface area contributed by atoms with Gasteiger partial charge in [0, 0.05) is 12.5 Å². The first-order chi connectivity index (χ1) is 10.8. The first-order valence-electron chi connectivity index (χ1n) is 7.22. The number of benzene rings is 1. The lowest BCUT2D eigenvalue weighted by Gasteiger charge is -2.42. The summed E-state index contributed by atoms with van der Waals surface area (Å²) in [4.78, 5) is 25.9. The quantitative estimate of drug-likeness (QED) is 0.756. The number of hydrogen-bond acceptors (Lipinski definition) is 5. The Balaban J connectivity index is 2.12. The number of sulfone groups is 1. The van der Waals surface area contributed by atoms with Crippen LogP contribution in [0.4, 0.5) is 4.79 Å². The Bertz CT molecular complexity index is 750. The third kappa shape index (κ3) is 2.17. The lowest BCUT2D eigenvalue weighted by Crippen LogP contribution is -2.63. The zero-order chi connectivity index (χ0) is 16.8. The Morgan fingerprint density at radius 3 is 2.57 bits per heavy atom. The van der Waals surface area contributed by atoms with Gasteiger partial charge in [0.2, 0.25) is 14.0 Å². The van der Waals surface area contributed by atoms with Crippen molar-refractivity contribution in [1.82, 2.24) is 4.90 Å². The third-order valence-corrected chi connectivity index (χ3v) is 7.81. The Morgan fingerprint density at radius 2 is 1.96 bits per heavy atom. The molecule has 0 radical (unpaired) electrons. The maximum absolute atomic E-state index is 13.0. The van der Waals surface area contributed by atoms with E-state index in [4.69, 9.17) is 16.3 Å².